The number of piperidine rings is 1. The zero-order valence-electron chi connectivity index (χ0n) is 17.9. The van der Waals surface area contributed by atoms with E-state index in [0.29, 0.717) is 5.56 Å². The quantitative estimate of drug-likeness (QED) is 0.524. The number of amides is 1. The molecule has 1 saturated heterocycles. The van der Waals surface area contributed by atoms with Crippen LogP contribution >= 0.6 is 0 Å². The van der Waals surface area contributed by atoms with Crippen molar-refractivity contribution < 1.29 is 9.53 Å². The standard InChI is InChI=1S/C25H25N5O2/c1-29-16-21(15-28-29)18-2-3-19-14-27-24(13-20(19)12-18)30-10-8-23(9-11-30)32-22-6-4-17(5-7-22)25(26)31/h2-7,12-16,23H,8-11H2,1H3,(H2,26,31). The summed E-state index contributed by atoms with van der Waals surface area (Å²) in [4.78, 5) is 18.2. The minimum atomic E-state index is -0.430. The molecular weight excluding hydrogens is 402 g/mol. The van der Waals surface area contributed by atoms with Gasteiger partial charge in [0.05, 0.1) is 6.20 Å². The number of hydrogen-bond acceptors (Lipinski definition) is 5. The van der Waals surface area contributed by atoms with Crippen molar-refractivity contribution in [1.82, 2.24) is 14.8 Å². The average molecular weight is 428 g/mol. The molecule has 1 amide bonds. The van der Waals surface area contributed by atoms with Crippen LogP contribution in [0.2, 0.25) is 0 Å². The van der Waals surface area contributed by atoms with Crippen LogP contribution in [-0.2, 0) is 7.05 Å². The number of hydrogen-bond donors (Lipinski definition) is 1. The van der Waals surface area contributed by atoms with Gasteiger partial charge in [-0.05, 0) is 47.3 Å². The molecule has 0 bridgehead atoms. The predicted molar refractivity (Wildman–Crippen MR) is 125 cm³/mol. The van der Waals surface area contributed by atoms with Gasteiger partial charge in [-0.2, -0.15) is 5.10 Å². The third kappa shape index (κ3) is 4.14. The number of pyridine rings is 1. The number of fused-ring (bicyclic) bond motifs is 1. The van der Waals surface area contributed by atoms with Gasteiger partial charge in [-0.3, -0.25) is 9.48 Å². The van der Waals surface area contributed by atoms with Gasteiger partial charge >= 0.3 is 0 Å². The molecule has 3 heterocycles. The lowest BCUT2D eigenvalue weighted by atomic mass is 10.0. The first kappa shape index (κ1) is 20.1. The van der Waals surface area contributed by atoms with E-state index in [0.717, 1.165) is 54.0 Å². The van der Waals surface area contributed by atoms with Crippen molar-refractivity contribution in [3.8, 4) is 16.9 Å². The van der Waals surface area contributed by atoms with E-state index in [9.17, 15) is 4.79 Å². The van der Waals surface area contributed by atoms with Crippen LogP contribution < -0.4 is 15.4 Å². The minimum Gasteiger partial charge on any atom is -0.490 e. The molecule has 5 rings (SSSR count). The fraction of sp³-hybridized carbons (Fsp3) is 0.240. The van der Waals surface area contributed by atoms with Crippen LogP contribution in [0.3, 0.4) is 0 Å². The molecule has 1 fully saturated rings. The van der Waals surface area contributed by atoms with Gasteiger partial charge in [0.2, 0.25) is 5.91 Å². The zero-order valence-corrected chi connectivity index (χ0v) is 17.9. The number of ether oxygens (including phenoxy) is 1. The summed E-state index contributed by atoms with van der Waals surface area (Å²) < 4.78 is 7.92. The normalized spacial score (nSPS) is 14.6. The van der Waals surface area contributed by atoms with Crippen molar-refractivity contribution >= 4 is 22.5 Å². The Morgan fingerprint density at radius 3 is 2.47 bits per heavy atom. The Labute approximate surface area is 186 Å². The molecule has 32 heavy (non-hydrogen) atoms. The Morgan fingerprint density at radius 2 is 1.78 bits per heavy atom. The van der Waals surface area contributed by atoms with E-state index in [1.165, 1.54) is 5.39 Å². The number of benzene rings is 2. The summed E-state index contributed by atoms with van der Waals surface area (Å²) in [5.41, 5.74) is 8.04. The maximum Gasteiger partial charge on any atom is 0.248 e. The Balaban J connectivity index is 1.26. The topological polar surface area (TPSA) is 86.3 Å². The molecule has 0 saturated carbocycles. The molecule has 1 aliphatic heterocycles. The first-order valence-corrected chi connectivity index (χ1v) is 10.8. The second-order valence-electron chi connectivity index (χ2n) is 8.20. The molecule has 0 aliphatic carbocycles. The van der Waals surface area contributed by atoms with Crippen molar-refractivity contribution in [3.63, 3.8) is 0 Å². The van der Waals surface area contributed by atoms with Gasteiger partial charge in [-0.15, -0.1) is 0 Å². The van der Waals surface area contributed by atoms with E-state index < -0.39 is 5.91 Å². The highest BCUT2D eigenvalue weighted by molar-refractivity contribution is 5.92. The zero-order chi connectivity index (χ0) is 22.1. The average Bonchev–Trinajstić information content (AvgIpc) is 3.25. The SMILES string of the molecule is Cn1cc(-c2ccc3cnc(N4CCC(Oc5ccc(C(N)=O)cc5)CC4)cc3c2)cn1. The highest BCUT2D eigenvalue weighted by Crippen LogP contribution is 2.28. The van der Waals surface area contributed by atoms with Crippen LogP contribution in [0.1, 0.15) is 23.2 Å². The summed E-state index contributed by atoms with van der Waals surface area (Å²) in [5, 5.41) is 6.57. The largest absolute Gasteiger partial charge is 0.490 e. The lowest BCUT2D eigenvalue weighted by molar-refractivity contribution is 0.1000. The maximum absolute atomic E-state index is 11.2. The van der Waals surface area contributed by atoms with Crippen LogP contribution in [0, 0.1) is 0 Å². The number of rotatable bonds is 5. The Morgan fingerprint density at radius 1 is 1.00 bits per heavy atom. The molecule has 1 aliphatic rings. The Hall–Kier alpha value is -3.87. The van der Waals surface area contributed by atoms with Gasteiger partial charge in [-0.1, -0.05) is 12.1 Å². The van der Waals surface area contributed by atoms with E-state index in [2.05, 4.69) is 34.3 Å². The molecule has 4 aromatic rings. The number of carbonyl (C=O) groups excluding carboxylic acids is 1. The summed E-state index contributed by atoms with van der Waals surface area (Å²) in [6.07, 6.45) is 7.81. The molecule has 2 aromatic heterocycles. The molecule has 2 aromatic carbocycles. The molecule has 162 valence electrons. The maximum atomic E-state index is 11.2. The molecule has 2 N–H and O–H groups in total. The second-order valence-corrected chi connectivity index (χ2v) is 8.20. The van der Waals surface area contributed by atoms with Gasteiger partial charge in [0.15, 0.2) is 0 Å². The minimum absolute atomic E-state index is 0.142. The van der Waals surface area contributed by atoms with Gasteiger partial charge in [0.25, 0.3) is 0 Å². The van der Waals surface area contributed by atoms with E-state index in [-0.39, 0.29) is 6.10 Å². The molecule has 7 nitrogen and oxygen atoms in total. The Kier molecular flexibility index (Phi) is 5.23. The summed E-state index contributed by atoms with van der Waals surface area (Å²) in [6.45, 7) is 1.76. The summed E-state index contributed by atoms with van der Waals surface area (Å²) in [6, 6.07) is 15.6. The molecule has 7 heteroatoms. The molecule has 0 radical (unpaired) electrons. The van der Waals surface area contributed by atoms with E-state index in [1.54, 1.807) is 24.3 Å². The monoisotopic (exact) mass is 427 g/mol. The third-order valence-electron chi connectivity index (χ3n) is 5.95. The molecule has 0 unspecified atom stereocenters. The van der Waals surface area contributed by atoms with Crippen LogP contribution in [0.4, 0.5) is 5.82 Å². The number of carbonyl (C=O) groups is 1. The van der Waals surface area contributed by atoms with Gasteiger partial charge in [-0.25, -0.2) is 4.98 Å². The number of nitrogens with two attached hydrogens (primary N) is 1. The third-order valence-corrected chi connectivity index (χ3v) is 5.95. The smallest absolute Gasteiger partial charge is 0.248 e. The molecular formula is C25H25N5O2. The van der Waals surface area contributed by atoms with Gasteiger partial charge in [0, 0.05) is 61.9 Å². The summed E-state index contributed by atoms with van der Waals surface area (Å²) in [5.74, 6) is 1.32. The van der Waals surface area contributed by atoms with Crippen molar-refractivity contribution in [1.29, 1.82) is 0 Å². The fourth-order valence-electron chi connectivity index (χ4n) is 4.15. The lowest BCUT2D eigenvalue weighted by Gasteiger charge is -2.33. The highest BCUT2D eigenvalue weighted by atomic mass is 16.5. The van der Waals surface area contributed by atoms with Crippen LogP contribution in [-0.4, -0.2) is 39.9 Å². The molecule has 0 spiro atoms. The number of anilines is 1. The van der Waals surface area contributed by atoms with Crippen LogP contribution in [0.15, 0.2) is 67.1 Å². The van der Waals surface area contributed by atoms with E-state index >= 15 is 0 Å². The Bertz CT molecular complexity index is 1260. The van der Waals surface area contributed by atoms with Crippen molar-refractivity contribution in [2.75, 3.05) is 18.0 Å². The summed E-state index contributed by atoms with van der Waals surface area (Å²) >= 11 is 0. The number of aryl methyl sites for hydroxylation is 1. The van der Waals surface area contributed by atoms with Gasteiger partial charge < -0.3 is 15.4 Å². The number of primary amides is 1. The number of nitrogens with zero attached hydrogens (tertiary/aromatic N) is 4. The predicted octanol–water partition coefficient (Wildman–Crippen LogP) is 3.78. The first-order chi connectivity index (χ1) is 15.5. The van der Waals surface area contributed by atoms with Crippen molar-refractivity contribution in [2.24, 2.45) is 12.8 Å². The second kappa shape index (κ2) is 8.34. The summed E-state index contributed by atoms with van der Waals surface area (Å²) in [7, 11) is 1.93. The van der Waals surface area contributed by atoms with Gasteiger partial charge in [0.1, 0.15) is 17.7 Å². The van der Waals surface area contributed by atoms with Crippen molar-refractivity contribution in [2.45, 2.75) is 18.9 Å². The van der Waals surface area contributed by atoms with Crippen LogP contribution in [0.25, 0.3) is 21.9 Å². The van der Waals surface area contributed by atoms with Crippen LogP contribution in [0.5, 0.6) is 5.75 Å². The first-order valence-electron chi connectivity index (χ1n) is 10.8. The fourth-order valence-corrected chi connectivity index (χ4v) is 4.15. The highest BCUT2D eigenvalue weighted by Gasteiger charge is 2.22. The van der Waals surface area contributed by atoms with Crippen molar-refractivity contribution in [3.05, 3.63) is 72.7 Å². The number of aromatic nitrogens is 3. The lowest BCUT2D eigenvalue weighted by Crippen LogP contribution is -2.38. The van der Waals surface area contributed by atoms with E-state index in [1.807, 2.05) is 30.3 Å². The molecule has 0 atom stereocenters. The van der Waals surface area contributed by atoms with E-state index in [4.69, 9.17) is 15.5 Å².